The first-order valence-corrected chi connectivity index (χ1v) is 13.2. The third-order valence-electron chi connectivity index (χ3n) is 6.59. The summed E-state index contributed by atoms with van der Waals surface area (Å²) < 4.78 is 0. The molecule has 36 heavy (non-hydrogen) atoms. The topological polar surface area (TPSA) is 50.5 Å². The summed E-state index contributed by atoms with van der Waals surface area (Å²) in [5.41, 5.74) is 9.66. The van der Waals surface area contributed by atoms with Crippen molar-refractivity contribution in [2.45, 2.75) is 92.9 Å². The van der Waals surface area contributed by atoms with E-state index in [-0.39, 0.29) is 0 Å². The summed E-state index contributed by atoms with van der Waals surface area (Å²) in [7, 11) is 0. The van der Waals surface area contributed by atoms with Gasteiger partial charge in [-0.1, -0.05) is 91.8 Å². The fourth-order valence-electron chi connectivity index (χ4n) is 4.46. The summed E-state index contributed by atoms with van der Waals surface area (Å²) in [6, 6.07) is 14.9. The van der Waals surface area contributed by atoms with Gasteiger partial charge in [0.2, 0.25) is 0 Å². The molecule has 1 heterocycles. The number of benzene rings is 2. The molecular formula is C32H42N4. The molecule has 0 spiro atoms. The Morgan fingerprint density at radius 1 is 0.583 bits per heavy atom. The molecule has 4 heteroatoms. The molecule has 0 bridgehead atoms. The van der Waals surface area contributed by atoms with Gasteiger partial charge in [0.05, 0.1) is 28.5 Å². The zero-order valence-electron chi connectivity index (χ0n) is 23.7. The van der Waals surface area contributed by atoms with Gasteiger partial charge in [0.25, 0.3) is 0 Å². The van der Waals surface area contributed by atoms with Gasteiger partial charge in [0, 0.05) is 6.20 Å². The highest BCUT2D eigenvalue weighted by atomic mass is 14.9. The van der Waals surface area contributed by atoms with E-state index in [2.05, 4.69) is 96.8 Å². The molecule has 0 saturated carbocycles. The number of aromatic nitrogens is 2. The number of nitrogens with zero attached hydrogens (tertiary/aromatic N) is 4. The van der Waals surface area contributed by atoms with Gasteiger partial charge in [-0.05, 0) is 65.8 Å². The molecular weight excluding hydrogens is 440 g/mol. The smallest absolute Gasteiger partial charge is 0.174 e. The Morgan fingerprint density at radius 3 is 1.36 bits per heavy atom. The van der Waals surface area contributed by atoms with Gasteiger partial charge in [-0.3, -0.25) is 4.99 Å². The van der Waals surface area contributed by atoms with Crippen LogP contribution in [0.4, 0.5) is 11.4 Å². The van der Waals surface area contributed by atoms with Crippen molar-refractivity contribution in [3.8, 4) is 0 Å². The van der Waals surface area contributed by atoms with Crippen molar-refractivity contribution in [1.82, 2.24) is 9.97 Å². The van der Waals surface area contributed by atoms with Crippen molar-refractivity contribution in [2.75, 3.05) is 0 Å². The lowest BCUT2D eigenvalue weighted by atomic mass is 9.93. The van der Waals surface area contributed by atoms with Crippen LogP contribution in [0.25, 0.3) is 0 Å². The first kappa shape index (κ1) is 27.4. The van der Waals surface area contributed by atoms with E-state index in [1.54, 1.807) is 0 Å². The van der Waals surface area contributed by atoms with Crippen molar-refractivity contribution in [3.63, 3.8) is 0 Å². The Labute approximate surface area is 218 Å². The van der Waals surface area contributed by atoms with Gasteiger partial charge in [0.1, 0.15) is 0 Å². The maximum absolute atomic E-state index is 5.12. The minimum atomic E-state index is 0.382. The average Bonchev–Trinajstić information content (AvgIpc) is 2.83. The molecule has 0 aliphatic heterocycles. The van der Waals surface area contributed by atoms with Crippen LogP contribution in [0.1, 0.15) is 127 Å². The van der Waals surface area contributed by atoms with Gasteiger partial charge >= 0.3 is 0 Å². The Kier molecular flexibility index (Phi) is 8.94. The first-order valence-electron chi connectivity index (χ1n) is 13.2. The lowest BCUT2D eigenvalue weighted by Crippen LogP contribution is -2.08. The van der Waals surface area contributed by atoms with Crippen LogP contribution < -0.4 is 0 Å². The quantitative estimate of drug-likeness (QED) is 0.300. The largest absolute Gasteiger partial charge is 0.251 e. The van der Waals surface area contributed by atoms with Crippen molar-refractivity contribution in [1.29, 1.82) is 0 Å². The predicted octanol–water partition coefficient (Wildman–Crippen LogP) is 9.25. The summed E-state index contributed by atoms with van der Waals surface area (Å²) in [5, 5.41) is 0. The van der Waals surface area contributed by atoms with Crippen molar-refractivity contribution in [3.05, 3.63) is 82.4 Å². The molecule has 1 aromatic heterocycles. The Balaban J connectivity index is 2.08. The van der Waals surface area contributed by atoms with Crippen molar-refractivity contribution < 1.29 is 0 Å². The van der Waals surface area contributed by atoms with Crippen LogP contribution in [-0.2, 0) is 0 Å². The van der Waals surface area contributed by atoms with Crippen LogP contribution in [0, 0.1) is 0 Å². The third-order valence-corrected chi connectivity index (χ3v) is 6.59. The number of hydrogen-bond acceptors (Lipinski definition) is 4. The molecule has 0 amide bonds. The third kappa shape index (κ3) is 6.16. The lowest BCUT2D eigenvalue weighted by Gasteiger charge is -2.17. The summed E-state index contributed by atoms with van der Waals surface area (Å²) >= 11 is 0. The number of para-hydroxylation sites is 2. The molecule has 0 N–H and O–H groups in total. The number of rotatable bonds is 8. The minimum absolute atomic E-state index is 0.382. The summed E-state index contributed by atoms with van der Waals surface area (Å²) in [5.74, 6) is 2.18. The van der Waals surface area contributed by atoms with E-state index in [4.69, 9.17) is 15.0 Å². The number of aliphatic imine (C=N–C) groups is 2. The Bertz CT molecular complexity index is 1120. The van der Waals surface area contributed by atoms with Gasteiger partial charge < -0.3 is 0 Å². The average molecular weight is 483 g/mol. The Hall–Kier alpha value is -3.14. The molecule has 0 radical (unpaired) electrons. The van der Waals surface area contributed by atoms with Crippen LogP contribution in [-0.4, -0.2) is 21.4 Å². The monoisotopic (exact) mass is 482 g/mol. The first-order chi connectivity index (χ1) is 17.0. The van der Waals surface area contributed by atoms with Crippen LogP contribution in [0.2, 0.25) is 0 Å². The highest BCUT2D eigenvalue weighted by Gasteiger charge is 2.16. The van der Waals surface area contributed by atoms with Crippen LogP contribution in [0.5, 0.6) is 0 Å². The molecule has 0 fully saturated rings. The van der Waals surface area contributed by atoms with E-state index in [1.807, 2.05) is 26.1 Å². The molecule has 0 aliphatic carbocycles. The zero-order valence-corrected chi connectivity index (χ0v) is 23.7. The van der Waals surface area contributed by atoms with Crippen LogP contribution in [0.3, 0.4) is 0 Å². The van der Waals surface area contributed by atoms with E-state index < -0.39 is 0 Å². The van der Waals surface area contributed by atoms with E-state index in [9.17, 15) is 0 Å². The Morgan fingerprint density at radius 2 is 0.972 bits per heavy atom. The maximum Gasteiger partial charge on any atom is 0.174 e. The normalized spacial score (nSPS) is 12.9. The molecule has 190 valence electrons. The van der Waals surface area contributed by atoms with Gasteiger partial charge in [0.15, 0.2) is 5.82 Å². The van der Waals surface area contributed by atoms with Gasteiger partial charge in [-0.25, -0.2) is 15.0 Å². The van der Waals surface area contributed by atoms with Crippen LogP contribution in [0.15, 0.2) is 58.6 Å². The second-order valence-corrected chi connectivity index (χ2v) is 10.8. The van der Waals surface area contributed by atoms with Gasteiger partial charge in [-0.15, -0.1) is 0 Å². The lowest BCUT2D eigenvalue weighted by molar-refractivity contribution is 0.834. The van der Waals surface area contributed by atoms with Crippen molar-refractivity contribution in [2.24, 2.45) is 9.98 Å². The second kappa shape index (κ2) is 11.7. The number of hydrogen-bond donors (Lipinski definition) is 0. The molecule has 3 aromatic rings. The van der Waals surface area contributed by atoms with Crippen LogP contribution >= 0.6 is 0 Å². The summed E-state index contributed by atoms with van der Waals surface area (Å²) in [6.07, 6.45) is 1.81. The fourth-order valence-corrected chi connectivity index (χ4v) is 4.46. The molecule has 0 aliphatic rings. The predicted molar refractivity (Wildman–Crippen MR) is 155 cm³/mol. The summed E-state index contributed by atoms with van der Waals surface area (Å²) in [4.78, 5) is 19.7. The highest BCUT2D eigenvalue weighted by molar-refractivity contribution is 6.01. The minimum Gasteiger partial charge on any atom is -0.251 e. The molecule has 4 nitrogen and oxygen atoms in total. The zero-order chi connectivity index (χ0) is 26.6. The molecule has 3 rings (SSSR count). The summed E-state index contributed by atoms with van der Waals surface area (Å²) in [6.45, 7) is 21.8. The molecule has 0 saturated heterocycles. The van der Waals surface area contributed by atoms with Gasteiger partial charge in [-0.2, -0.15) is 0 Å². The highest BCUT2D eigenvalue weighted by Crippen LogP contribution is 2.36. The fraction of sp³-hybridized carbons (Fsp3) is 0.438. The van der Waals surface area contributed by atoms with E-state index in [0.717, 1.165) is 28.5 Å². The standard InChI is InChI=1S/C32H42N4/c1-19(2)25-13-11-14-26(20(3)4)30(25)34-23(9)29-17-18-33-32(36-29)24(10)35-31-27(21(5)6)15-12-16-28(31)22(7)8/h11-22H,1-10H3. The second-order valence-electron chi connectivity index (χ2n) is 10.8. The van der Waals surface area contributed by atoms with Crippen molar-refractivity contribution >= 4 is 22.8 Å². The van der Waals surface area contributed by atoms with E-state index in [1.165, 1.54) is 22.3 Å². The van der Waals surface area contributed by atoms with E-state index in [0.29, 0.717) is 29.5 Å². The maximum atomic E-state index is 5.12. The molecule has 0 unspecified atom stereocenters. The SMILES string of the molecule is CC(=Nc1c(C(C)C)cccc1C(C)C)c1ccnc(C(C)=Nc2c(C(C)C)cccc2C(C)C)n1. The molecule has 2 aromatic carbocycles. The van der Waals surface area contributed by atoms with E-state index >= 15 is 0 Å². The molecule has 0 atom stereocenters.